The maximum atomic E-state index is 3.53. The van der Waals surface area contributed by atoms with Crippen LogP contribution in [0.5, 0.6) is 0 Å². The number of benzene rings is 2. The SMILES string of the molecule is CC(C)Nc1ccccc1Nc1ccccc1NC(C)C. The molecule has 2 aromatic carbocycles. The Morgan fingerprint density at radius 2 is 0.905 bits per heavy atom. The van der Waals surface area contributed by atoms with Crippen molar-refractivity contribution in [2.24, 2.45) is 0 Å². The predicted molar refractivity (Wildman–Crippen MR) is 93.7 cm³/mol. The molecule has 0 aromatic heterocycles. The lowest BCUT2D eigenvalue weighted by atomic mass is 10.2. The van der Waals surface area contributed by atoms with E-state index in [1.807, 2.05) is 24.3 Å². The standard InChI is InChI=1S/C18H25N3/c1-13(2)19-15-9-5-7-11-17(15)21-18-12-8-6-10-16(18)20-14(3)4/h5-14,19-21H,1-4H3. The average molecular weight is 283 g/mol. The monoisotopic (exact) mass is 283 g/mol. The first kappa shape index (κ1) is 15.2. The van der Waals surface area contributed by atoms with Crippen LogP contribution in [0.1, 0.15) is 27.7 Å². The van der Waals surface area contributed by atoms with Crippen LogP contribution in [0.4, 0.5) is 22.7 Å². The normalized spacial score (nSPS) is 10.8. The summed E-state index contributed by atoms with van der Waals surface area (Å²) in [6, 6.07) is 17.4. The Balaban J connectivity index is 2.26. The highest BCUT2D eigenvalue weighted by atomic mass is 15.0. The summed E-state index contributed by atoms with van der Waals surface area (Å²) in [5.41, 5.74) is 4.41. The highest BCUT2D eigenvalue weighted by Gasteiger charge is 2.07. The summed E-state index contributed by atoms with van der Waals surface area (Å²) in [5.74, 6) is 0. The number of para-hydroxylation sites is 4. The van der Waals surface area contributed by atoms with E-state index >= 15 is 0 Å². The Bertz CT molecular complexity index is 525. The van der Waals surface area contributed by atoms with Crippen LogP contribution < -0.4 is 16.0 Å². The zero-order valence-electron chi connectivity index (χ0n) is 13.3. The summed E-state index contributed by atoms with van der Waals surface area (Å²) in [7, 11) is 0. The van der Waals surface area contributed by atoms with Gasteiger partial charge in [-0.2, -0.15) is 0 Å². The fraction of sp³-hybridized carbons (Fsp3) is 0.333. The predicted octanol–water partition coefficient (Wildman–Crippen LogP) is 5.07. The quantitative estimate of drug-likeness (QED) is 0.692. The van der Waals surface area contributed by atoms with Gasteiger partial charge in [0.2, 0.25) is 0 Å². The minimum absolute atomic E-state index is 0.400. The number of nitrogens with one attached hydrogen (secondary N) is 3. The zero-order chi connectivity index (χ0) is 15.2. The molecule has 0 aliphatic carbocycles. The van der Waals surface area contributed by atoms with Crippen molar-refractivity contribution in [1.82, 2.24) is 0 Å². The van der Waals surface area contributed by atoms with E-state index in [1.54, 1.807) is 0 Å². The van der Waals surface area contributed by atoms with Gasteiger partial charge in [-0.15, -0.1) is 0 Å². The van der Waals surface area contributed by atoms with Gasteiger partial charge in [0, 0.05) is 12.1 Å². The van der Waals surface area contributed by atoms with Crippen LogP contribution in [0.15, 0.2) is 48.5 Å². The Labute approximate surface area is 127 Å². The largest absolute Gasteiger partial charge is 0.381 e. The molecule has 3 heteroatoms. The summed E-state index contributed by atoms with van der Waals surface area (Å²) in [5, 5.41) is 10.5. The summed E-state index contributed by atoms with van der Waals surface area (Å²) in [4.78, 5) is 0. The molecule has 0 saturated carbocycles. The maximum Gasteiger partial charge on any atom is 0.0620 e. The smallest absolute Gasteiger partial charge is 0.0620 e. The van der Waals surface area contributed by atoms with Crippen LogP contribution in [-0.4, -0.2) is 12.1 Å². The second kappa shape index (κ2) is 7.02. The molecule has 0 spiro atoms. The molecule has 0 aliphatic rings. The minimum Gasteiger partial charge on any atom is -0.381 e. The van der Waals surface area contributed by atoms with Gasteiger partial charge in [0.05, 0.1) is 22.7 Å². The molecule has 0 unspecified atom stereocenters. The van der Waals surface area contributed by atoms with Gasteiger partial charge in [-0.05, 0) is 52.0 Å². The van der Waals surface area contributed by atoms with Gasteiger partial charge in [0.15, 0.2) is 0 Å². The second-order valence-corrected chi connectivity index (χ2v) is 5.81. The van der Waals surface area contributed by atoms with Crippen molar-refractivity contribution in [2.45, 2.75) is 39.8 Å². The van der Waals surface area contributed by atoms with Crippen molar-refractivity contribution in [3.8, 4) is 0 Å². The van der Waals surface area contributed by atoms with Crippen LogP contribution in [0, 0.1) is 0 Å². The third kappa shape index (κ3) is 4.42. The van der Waals surface area contributed by atoms with Gasteiger partial charge in [-0.1, -0.05) is 24.3 Å². The van der Waals surface area contributed by atoms with Crippen molar-refractivity contribution >= 4 is 22.7 Å². The second-order valence-electron chi connectivity index (χ2n) is 5.81. The molecule has 0 saturated heterocycles. The Morgan fingerprint density at radius 1 is 0.571 bits per heavy atom. The number of anilines is 4. The van der Waals surface area contributed by atoms with E-state index in [2.05, 4.69) is 67.9 Å². The van der Waals surface area contributed by atoms with Crippen LogP contribution in [0.2, 0.25) is 0 Å². The van der Waals surface area contributed by atoms with E-state index in [0.29, 0.717) is 12.1 Å². The minimum atomic E-state index is 0.400. The molecule has 0 heterocycles. The van der Waals surface area contributed by atoms with Crippen LogP contribution in [-0.2, 0) is 0 Å². The van der Waals surface area contributed by atoms with Gasteiger partial charge in [0.25, 0.3) is 0 Å². The van der Waals surface area contributed by atoms with E-state index in [1.165, 1.54) is 0 Å². The molecule has 112 valence electrons. The number of rotatable bonds is 6. The first-order valence-electron chi connectivity index (χ1n) is 7.54. The molecule has 0 atom stereocenters. The number of hydrogen-bond donors (Lipinski definition) is 3. The molecule has 2 aromatic rings. The zero-order valence-corrected chi connectivity index (χ0v) is 13.3. The summed E-state index contributed by atoms with van der Waals surface area (Å²) < 4.78 is 0. The van der Waals surface area contributed by atoms with Gasteiger partial charge in [-0.25, -0.2) is 0 Å². The van der Waals surface area contributed by atoms with Crippen molar-refractivity contribution in [1.29, 1.82) is 0 Å². The Kier molecular flexibility index (Phi) is 5.09. The molecule has 0 amide bonds. The fourth-order valence-corrected chi connectivity index (χ4v) is 2.20. The van der Waals surface area contributed by atoms with Crippen LogP contribution >= 0.6 is 0 Å². The van der Waals surface area contributed by atoms with Crippen molar-refractivity contribution in [3.63, 3.8) is 0 Å². The summed E-state index contributed by atoms with van der Waals surface area (Å²) in [6.07, 6.45) is 0. The highest BCUT2D eigenvalue weighted by molar-refractivity contribution is 5.80. The van der Waals surface area contributed by atoms with E-state index in [4.69, 9.17) is 0 Å². The molecule has 0 fully saturated rings. The van der Waals surface area contributed by atoms with Crippen molar-refractivity contribution in [2.75, 3.05) is 16.0 Å². The first-order valence-corrected chi connectivity index (χ1v) is 7.54. The van der Waals surface area contributed by atoms with Crippen molar-refractivity contribution in [3.05, 3.63) is 48.5 Å². The van der Waals surface area contributed by atoms with Gasteiger partial charge in [0.1, 0.15) is 0 Å². The summed E-state index contributed by atoms with van der Waals surface area (Å²) >= 11 is 0. The molecule has 0 radical (unpaired) electrons. The van der Waals surface area contributed by atoms with Gasteiger partial charge < -0.3 is 16.0 Å². The molecule has 0 aliphatic heterocycles. The Morgan fingerprint density at radius 3 is 1.24 bits per heavy atom. The first-order chi connectivity index (χ1) is 10.1. The molecule has 21 heavy (non-hydrogen) atoms. The third-order valence-corrected chi connectivity index (χ3v) is 3.01. The molecule has 2 rings (SSSR count). The van der Waals surface area contributed by atoms with Gasteiger partial charge >= 0.3 is 0 Å². The molecule has 3 nitrogen and oxygen atoms in total. The van der Waals surface area contributed by atoms with E-state index in [0.717, 1.165) is 22.7 Å². The molecular weight excluding hydrogens is 258 g/mol. The van der Waals surface area contributed by atoms with Crippen molar-refractivity contribution < 1.29 is 0 Å². The average Bonchev–Trinajstić information content (AvgIpc) is 2.42. The highest BCUT2D eigenvalue weighted by Crippen LogP contribution is 2.30. The Hall–Kier alpha value is -2.16. The molecule has 0 bridgehead atoms. The third-order valence-electron chi connectivity index (χ3n) is 3.01. The van der Waals surface area contributed by atoms with E-state index in [-0.39, 0.29) is 0 Å². The topological polar surface area (TPSA) is 36.1 Å². The number of hydrogen-bond acceptors (Lipinski definition) is 3. The van der Waals surface area contributed by atoms with Crippen LogP contribution in [0.3, 0.4) is 0 Å². The summed E-state index contributed by atoms with van der Waals surface area (Å²) in [6.45, 7) is 8.58. The lowest BCUT2D eigenvalue weighted by molar-refractivity contribution is 0.899. The fourth-order valence-electron chi connectivity index (χ4n) is 2.20. The maximum absolute atomic E-state index is 3.53. The molecular formula is C18H25N3. The van der Waals surface area contributed by atoms with Gasteiger partial charge in [-0.3, -0.25) is 0 Å². The molecule has 3 N–H and O–H groups in total. The lowest BCUT2D eigenvalue weighted by Gasteiger charge is -2.19. The van der Waals surface area contributed by atoms with Crippen LogP contribution in [0.25, 0.3) is 0 Å². The van der Waals surface area contributed by atoms with E-state index in [9.17, 15) is 0 Å². The lowest BCUT2D eigenvalue weighted by Crippen LogP contribution is -2.13. The van der Waals surface area contributed by atoms with E-state index < -0.39 is 0 Å².